The molecular weight excluding hydrogens is 204 g/mol. The van der Waals surface area contributed by atoms with E-state index in [1.165, 1.54) is 0 Å². The molecule has 84 valence electrons. The Morgan fingerprint density at radius 1 is 1.50 bits per heavy atom. The van der Waals surface area contributed by atoms with Crippen LogP contribution in [0.25, 0.3) is 11.0 Å². The second kappa shape index (κ2) is 3.94. The summed E-state index contributed by atoms with van der Waals surface area (Å²) < 4.78 is 1.90. The van der Waals surface area contributed by atoms with Crippen molar-refractivity contribution in [2.75, 3.05) is 5.73 Å². The highest BCUT2D eigenvalue weighted by Gasteiger charge is 2.08. The quantitative estimate of drug-likeness (QED) is 0.766. The van der Waals surface area contributed by atoms with Gasteiger partial charge in [0.1, 0.15) is 5.65 Å². The summed E-state index contributed by atoms with van der Waals surface area (Å²) in [5, 5.41) is 0.532. The van der Waals surface area contributed by atoms with Crippen molar-refractivity contribution in [2.24, 2.45) is 5.73 Å². The maximum atomic E-state index is 12.0. The predicted octanol–water partition coefficient (Wildman–Crippen LogP) is 0.457. The average molecular weight is 218 g/mol. The predicted molar refractivity (Wildman–Crippen MR) is 64.0 cm³/mol. The van der Waals surface area contributed by atoms with Crippen LogP contribution in [0.4, 0.5) is 5.69 Å². The molecule has 0 saturated heterocycles. The van der Waals surface area contributed by atoms with Crippen LogP contribution < -0.4 is 16.9 Å². The maximum Gasteiger partial charge on any atom is 0.195 e. The van der Waals surface area contributed by atoms with Gasteiger partial charge < -0.3 is 16.0 Å². The molecule has 0 radical (unpaired) electrons. The number of fused-ring (bicyclic) bond motifs is 1. The lowest BCUT2D eigenvalue weighted by molar-refractivity contribution is 0.766. The molecule has 0 unspecified atom stereocenters. The summed E-state index contributed by atoms with van der Waals surface area (Å²) in [5.74, 6) is 0. The molecule has 2 aromatic rings. The van der Waals surface area contributed by atoms with Crippen molar-refractivity contribution < 1.29 is 0 Å². The third-order valence-electron chi connectivity index (χ3n) is 2.57. The molecule has 0 fully saturated rings. The first kappa shape index (κ1) is 10.6. The first-order valence-electron chi connectivity index (χ1n) is 5.15. The van der Waals surface area contributed by atoms with Crippen molar-refractivity contribution in [3.05, 3.63) is 34.2 Å². The van der Waals surface area contributed by atoms with Gasteiger partial charge in [0.05, 0.1) is 17.3 Å². The van der Waals surface area contributed by atoms with E-state index in [0.717, 1.165) is 6.54 Å². The van der Waals surface area contributed by atoms with Gasteiger partial charge in [0.15, 0.2) is 5.43 Å². The zero-order chi connectivity index (χ0) is 11.7. The van der Waals surface area contributed by atoms with E-state index in [1.807, 2.05) is 11.5 Å². The number of rotatable bonds is 2. The molecule has 0 aliphatic heterocycles. The molecule has 0 atom stereocenters. The third kappa shape index (κ3) is 1.55. The van der Waals surface area contributed by atoms with Crippen LogP contribution in [0.2, 0.25) is 0 Å². The molecule has 0 aliphatic carbocycles. The number of aromatic nitrogens is 2. The van der Waals surface area contributed by atoms with E-state index in [1.54, 1.807) is 18.5 Å². The molecule has 0 aromatic carbocycles. The largest absolute Gasteiger partial charge is 0.397 e. The van der Waals surface area contributed by atoms with Crippen molar-refractivity contribution in [1.82, 2.24) is 9.55 Å². The van der Waals surface area contributed by atoms with Crippen molar-refractivity contribution in [3.8, 4) is 0 Å². The maximum absolute atomic E-state index is 12.0. The van der Waals surface area contributed by atoms with Gasteiger partial charge in [-0.15, -0.1) is 0 Å². The third-order valence-corrected chi connectivity index (χ3v) is 2.57. The topological polar surface area (TPSA) is 86.9 Å². The minimum atomic E-state index is -0.0815. The first-order valence-corrected chi connectivity index (χ1v) is 5.15. The second-order valence-corrected chi connectivity index (χ2v) is 3.61. The summed E-state index contributed by atoms with van der Waals surface area (Å²) in [6.45, 7) is 2.95. The summed E-state index contributed by atoms with van der Waals surface area (Å²) in [7, 11) is 0. The van der Waals surface area contributed by atoms with Gasteiger partial charge in [-0.05, 0) is 13.0 Å². The zero-order valence-corrected chi connectivity index (χ0v) is 9.10. The summed E-state index contributed by atoms with van der Waals surface area (Å²) in [6, 6.07) is 1.65. The summed E-state index contributed by atoms with van der Waals surface area (Å²) in [6.07, 6.45) is 3.31. The molecule has 5 heteroatoms. The Bertz CT molecular complexity index is 588. The molecular formula is C11H14N4O. The Labute approximate surface area is 92.7 Å². The van der Waals surface area contributed by atoms with Gasteiger partial charge in [-0.1, -0.05) is 0 Å². The van der Waals surface area contributed by atoms with Gasteiger partial charge in [-0.3, -0.25) is 4.79 Å². The molecule has 16 heavy (non-hydrogen) atoms. The van der Waals surface area contributed by atoms with Crippen LogP contribution in [0.3, 0.4) is 0 Å². The molecule has 0 saturated carbocycles. The van der Waals surface area contributed by atoms with Crippen LogP contribution >= 0.6 is 0 Å². The number of hydrogen-bond donors (Lipinski definition) is 2. The number of nitrogens with zero attached hydrogens (tertiary/aromatic N) is 2. The Morgan fingerprint density at radius 2 is 2.25 bits per heavy atom. The van der Waals surface area contributed by atoms with E-state index in [2.05, 4.69) is 4.98 Å². The monoisotopic (exact) mass is 218 g/mol. The highest BCUT2D eigenvalue weighted by Crippen LogP contribution is 2.12. The molecule has 5 nitrogen and oxygen atoms in total. The van der Waals surface area contributed by atoms with Gasteiger partial charge in [0.25, 0.3) is 0 Å². The molecule has 4 N–H and O–H groups in total. The van der Waals surface area contributed by atoms with Gasteiger partial charge in [0, 0.05) is 24.8 Å². The minimum absolute atomic E-state index is 0.0815. The Hall–Kier alpha value is -1.88. The van der Waals surface area contributed by atoms with Crippen molar-refractivity contribution in [2.45, 2.75) is 20.0 Å². The SMILES string of the molecule is CCn1cc(CN)c(=O)c2cc(N)cnc21. The number of nitrogen functional groups attached to an aromatic ring is 1. The van der Waals surface area contributed by atoms with Gasteiger partial charge in [-0.25, -0.2) is 4.98 Å². The van der Waals surface area contributed by atoms with Crippen molar-refractivity contribution in [3.63, 3.8) is 0 Å². The highest BCUT2D eigenvalue weighted by molar-refractivity contribution is 5.78. The molecule has 2 rings (SSSR count). The molecule has 0 aliphatic rings. The number of hydrogen-bond acceptors (Lipinski definition) is 4. The molecule has 0 spiro atoms. The summed E-state index contributed by atoms with van der Waals surface area (Å²) >= 11 is 0. The fourth-order valence-electron chi connectivity index (χ4n) is 1.74. The van der Waals surface area contributed by atoms with Crippen LogP contribution in [0.5, 0.6) is 0 Å². The van der Waals surface area contributed by atoms with E-state index < -0.39 is 0 Å². The number of aryl methyl sites for hydroxylation is 1. The second-order valence-electron chi connectivity index (χ2n) is 3.61. The Balaban J connectivity index is 2.91. The van der Waals surface area contributed by atoms with E-state index >= 15 is 0 Å². The van der Waals surface area contributed by atoms with Gasteiger partial charge in [0.2, 0.25) is 0 Å². The fraction of sp³-hybridized carbons (Fsp3) is 0.273. The summed E-state index contributed by atoms with van der Waals surface area (Å²) in [4.78, 5) is 16.2. The molecule has 0 bridgehead atoms. The lowest BCUT2D eigenvalue weighted by Gasteiger charge is -2.09. The van der Waals surface area contributed by atoms with Crippen LogP contribution in [0.1, 0.15) is 12.5 Å². The van der Waals surface area contributed by atoms with Crippen molar-refractivity contribution >= 4 is 16.7 Å². The Morgan fingerprint density at radius 3 is 2.88 bits per heavy atom. The normalized spacial score (nSPS) is 10.9. The highest BCUT2D eigenvalue weighted by atomic mass is 16.1. The smallest absolute Gasteiger partial charge is 0.195 e. The van der Waals surface area contributed by atoms with Gasteiger partial charge >= 0.3 is 0 Å². The summed E-state index contributed by atoms with van der Waals surface area (Å²) in [5.41, 5.74) is 12.8. The van der Waals surface area contributed by atoms with Crippen LogP contribution in [-0.2, 0) is 13.1 Å². The number of nitrogens with two attached hydrogens (primary N) is 2. The van der Waals surface area contributed by atoms with E-state index in [4.69, 9.17) is 11.5 Å². The standard InChI is InChI=1S/C11H14N4O/c1-2-15-6-7(4-12)10(16)9-3-8(13)5-14-11(9)15/h3,5-6H,2,4,12-13H2,1H3. The minimum Gasteiger partial charge on any atom is -0.397 e. The first-order chi connectivity index (χ1) is 7.67. The van der Waals surface area contributed by atoms with E-state index in [9.17, 15) is 4.79 Å². The molecule has 0 amide bonds. The average Bonchev–Trinajstić information content (AvgIpc) is 2.30. The van der Waals surface area contributed by atoms with Crippen molar-refractivity contribution in [1.29, 1.82) is 0 Å². The van der Waals surface area contributed by atoms with Crippen LogP contribution in [-0.4, -0.2) is 9.55 Å². The van der Waals surface area contributed by atoms with E-state index in [0.29, 0.717) is 22.3 Å². The number of pyridine rings is 2. The lowest BCUT2D eigenvalue weighted by atomic mass is 10.2. The lowest BCUT2D eigenvalue weighted by Crippen LogP contribution is -2.18. The zero-order valence-electron chi connectivity index (χ0n) is 9.10. The fourth-order valence-corrected chi connectivity index (χ4v) is 1.74. The van der Waals surface area contributed by atoms with E-state index in [-0.39, 0.29) is 12.0 Å². The number of anilines is 1. The molecule has 2 heterocycles. The van der Waals surface area contributed by atoms with Gasteiger partial charge in [-0.2, -0.15) is 0 Å². The Kier molecular flexibility index (Phi) is 2.62. The van der Waals surface area contributed by atoms with Crippen LogP contribution in [0, 0.1) is 0 Å². The molecule has 2 aromatic heterocycles. The van der Waals surface area contributed by atoms with Crippen LogP contribution in [0.15, 0.2) is 23.3 Å².